The Hall–Kier alpha value is -1.10. The van der Waals surface area contributed by atoms with Crippen molar-refractivity contribution >= 4 is 22.3 Å². The Morgan fingerprint density at radius 1 is 1.43 bits per heavy atom. The highest BCUT2D eigenvalue weighted by Gasteiger charge is 2.20. The number of anilines is 1. The highest BCUT2D eigenvalue weighted by Crippen LogP contribution is 2.27. The van der Waals surface area contributed by atoms with Gasteiger partial charge in [-0.1, -0.05) is 0 Å². The van der Waals surface area contributed by atoms with Crippen LogP contribution in [0.25, 0.3) is 0 Å². The number of aromatic nitrogens is 1. The molecule has 0 aliphatic carbocycles. The molecular weight excluding hydrogens is 200 g/mol. The minimum atomic E-state index is -0.924. The molecule has 76 valence electrons. The van der Waals surface area contributed by atoms with Crippen LogP contribution in [0.15, 0.2) is 5.51 Å². The molecule has 0 atom stereocenters. The van der Waals surface area contributed by atoms with Crippen LogP contribution in [0.2, 0.25) is 0 Å². The lowest BCUT2D eigenvalue weighted by atomic mass is 10.1. The maximum Gasteiger partial charge on any atom is 0.357 e. The van der Waals surface area contributed by atoms with Crippen LogP contribution >= 0.6 is 11.3 Å². The van der Waals surface area contributed by atoms with Crippen molar-refractivity contribution in [3.63, 3.8) is 0 Å². The monoisotopic (exact) mass is 212 g/mol. The standard InChI is InChI=1S/C9H12N2O2S/c12-9(13)7-8(14-6-10-7)11-4-2-1-3-5-11/h6H,1-5H2,(H,12,13). The second-order valence-corrected chi connectivity index (χ2v) is 4.19. The molecule has 1 saturated heterocycles. The van der Waals surface area contributed by atoms with E-state index in [1.807, 2.05) is 0 Å². The third kappa shape index (κ3) is 1.72. The molecule has 1 aromatic heterocycles. The van der Waals surface area contributed by atoms with Gasteiger partial charge in [-0.05, 0) is 19.3 Å². The first-order valence-electron chi connectivity index (χ1n) is 4.71. The highest BCUT2D eigenvalue weighted by molar-refractivity contribution is 7.14. The van der Waals surface area contributed by atoms with E-state index in [1.165, 1.54) is 17.8 Å². The Bertz CT molecular complexity index is 331. The SMILES string of the molecule is O=C(O)c1ncsc1N1CCCCC1. The summed E-state index contributed by atoms with van der Waals surface area (Å²) in [6, 6.07) is 0. The van der Waals surface area contributed by atoms with E-state index in [9.17, 15) is 4.79 Å². The summed E-state index contributed by atoms with van der Waals surface area (Å²) in [7, 11) is 0. The number of carbonyl (C=O) groups is 1. The summed E-state index contributed by atoms with van der Waals surface area (Å²) in [4.78, 5) is 16.8. The van der Waals surface area contributed by atoms with Crippen molar-refractivity contribution in [2.75, 3.05) is 18.0 Å². The van der Waals surface area contributed by atoms with Crippen LogP contribution in [0, 0.1) is 0 Å². The Morgan fingerprint density at radius 3 is 2.79 bits per heavy atom. The second kappa shape index (κ2) is 3.96. The summed E-state index contributed by atoms with van der Waals surface area (Å²) in [6.07, 6.45) is 3.55. The number of aromatic carboxylic acids is 1. The molecule has 5 heteroatoms. The molecule has 2 rings (SSSR count). The van der Waals surface area contributed by atoms with Gasteiger partial charge in [0.15, 0.2) is 5.69 Å². The van der Waals surface area contributed by atoms with Gasteiger partial charge in [0.2, 0.25) is 0 Å². The molecule has 1 aromatic rings. The fourth-order valence-corrected chi connectivity index (χ4v) is 2.55. The van der Waals surface area contributed by atoms with Gasteiger partial charge in [0.25, 0.3) is 0 Å². The van der Waals surface area contributed by atoms with Gasteiger partial charge in [0, 0.05) is 13.1 Å². The van der Waals surface area contributed by atoms with Gasteiger partial charge < -0.3 is 10.0 Å². The van der Waals surface area contributed by atoms with Gasteiger partial charge in [0.05, 0.1) is 5.51 Å². The van der Waals surface area contributed by atoms with Crippen molar-refractivity contribution in [1.82, 2.24) is 4.98 Å². The molecule has 4 nitrogen and oxygen atoms in total. The van der Waals surface area contributed by atoms with Gasteiger partial charge in [-0.2, -0.15) is 0 Å². The minimum absolute atomic E-state index is 0.205. The quantitative estimate of drug-likeness (QED) is 0.812. The van der Waals surface area contributed by atoms with Gasteiger partial charge in [-0.25, -0.2) is 9.78 Å². The van der Waals surface area contributed by atoms with Gasteiger partial charge >= 0.3 is 5.97 Å². The zero-order chi connectivity index (χ0) is 9.97. The van der Waals surface area contributed by atoms with Crippen LogP contribution in [0.5, 0.6) is 0 Å². The van der Waals surface area contributed by atoms with E-state index in [0.717, 1.165) is 30.9 Å². The van der Waals surface area contributed by atoms with Crippen molar-refractivity contribution < 1.29 is 9.90 Å². The second-order valence-electron chi connectivity index (χ2n) is 3.36. The molecule has 0 radical (unpaired) electrons. The molecule has 0 aromatic carbocycles. The van der Waals surface area contributed by atoms with Crippen LogP contribution in [-0.2, 0) is 0 Å². The van der Waals surface area contributed by atoms with Crippen molar-refractivity contribution in [3.05, 3.63) is 11.2 Å². The van der Waals surface area contributed by atoms with Crippen LogP contribution in [0.1, 0.15) is 29.8 Å². The summed E-state index contributed by atoms with van der Waals surface area (Å²) in [5.74, 6) is -0.924. The van der Waals surface area contributed by atoms with Crippen molar-refractivity contribution in [1.29, 1.82) is 0 Å². The molecule has 14 heavy (non-hydrogen) atoms. The van der Waals surface area contributed by atoms with E-state index in [1.54, 1.807) is 5.51 Å². The number of hydrogen-bond acceptors (Lipinski definition) is 4. The number of rotatable bonds is 2. The van der Waals surface area contributed by atoms with Crippen molar-refractivity contribution in [2.24, 2.45) is 0 Å². The molecule has 1 aliphatic rings. The lowest BCUT2D eigenvalue weighted by molar-refractivity contribution is 0.0692. The molecule has 0 bridgehead atoms. The lowest BCUT2D eigenvalue weighted by Gasteiger charge is -2.27. The van der Waals surface area contributed by atoms with Gasteiger partial charge in [-0.15, -0.1) is 11.3 Å². The summed E-state index contributed by atoms with van der Waals surface area (Å²) < 4.78 is 0. The largest absolute Gasteiger partial charge is 0.476 e. The zero-order valence-corrected chi connectivity index (χ0v) is 8.59. The van der Waals surface area contributed by atoms with Crippen molar-refractivity contribution in [3.8, 4) is 0 Å². The third-order valence-corrected chi connectivity index (χ3v) is 3.28. The first-order valence-corrected chi connectivity index (χ1v) is 5.59. The molecule has 1 N–H and O–H groups in total. The van der Waals surface area contributed by atoms with E-state index in [2.05, 4.69) is 9.88 Å². The summed E-state index contributed by atoms with van der Waals surface area (Å²) in [5.41, 5.74) is 1.81. The smallest absolute Gasteiger partial charge is 0.357 e. The molecular formula is C9H12N2O2S. The predicted octanol–water partition coefficient (Wildman–Crippen LogP) is 1.83. The number of carboxylic acid groups (broad SMARTS) is 1. The first-order chi connectivity index (χ1) is 6.79. The maximum atomic E-state index is 10.8. The summed E-state index contributed by atoms with van der Waals surface area (Å²) >= 11 is 1.42. The van der Waals surface area contributed by atoms with Crippen LogP contribution < -0.4 is 4.90 Å². The fraction of sp³-hybridized carbons (Fsp3) is 0.556. The highest BCUT2D eigenvalue weighted by atomic mass is 32.1. The van der Waals surface area contributed by atoms with Crippen LogP contribution in [-0.4, -0.2) is 29.1 Å². The average molecular weight is 212 g/mol. The topological polar surface area (TPSA) is 53.4 Å². The van der Waals surface area contributed by atoms with E-state index >= 15 is 0 Å². The Labute approximate surface area is 86.2 Å². The van der Waals surface area contributed by atoms with Gasteiger partial charge in [-0.3, -0.25) is 0 Å². The number of nitrogens with zero attached hydrogens (tertiary/aromatic N) is 2. The normalized spacial score (nSPS) is 17.0. The minimum Gasteiger partial charge on any atom is -0.476 e. The maximum absolute atomic E-state index is 10.8. The number of thiazole rings is 1. The number of piperidine rings is 1. The Morgan fingerprint density at radius 2 is 2.14 bits per heavy atom. The molecule has 1 aliphatic heterocycles. The summed E-state index contributed by atoms with van der Waals surface area (Å²) in [6.45, 7) is 1.92. The summed E-state index contributed by atoms with van der Waals surface area (Å²) in [5, 5.41) is 9.72. The Kier molecular flexibility index (Phi) is 2.67. The average Bonchev–Trinajstić information content (AvgIpc) is 2.67. The third-order valence-electron chi connectivity index (χ3n) is 2.39. The number of hydrogen-bond donors (Lipinski definition) is 1. The van der Waals surface area contributed by atoms with E-state index < -0.39 is 5.97 Å². The van der Waals surface area contributed by atoms with Gasteiger partial charge in [0.1, 0.15) is 5.00 Å². The van der Waals surface area contributed by atoms with E-state index in [4.69, 9.17) is 5.11 Å². The lowest BCUT2D eigenvalue weighted by Crippen LogP contribution is -2.29. The molecule has 0 spiro atoms. The van der Waals surface area contributed by atoms with E-state index in [0.29, 0.717) is 0 Å². The molecule has 0 amide bonds. The number of carboxylic acids is 1. The van der Waals surface area contributed by atoms with Crippen molar-refractivity contribution in [2.45, 2.75) is 19.3 Å². The molecule has 2 heterocycles. The zero-order valence-electron chi connectivity index (χ0n) is 7.77. The first kappa shape index (κ1) is 9.45. The molecule has 1 fully saturated rings. The molecule has 0 saturated carbocycles. The van der Waals surface area contributed by atoms with E-state index in [-0.39, 0.29) is 5.69 Å². The Balaban J connectivity index is 2.21. The predicted molar refractivity (Wildman–Crippen MR) is 55.1 cm³/mol. The van der Waals surface area contributed by atoms with Crippen LogP contribution in [0.3, 0.4) is 0 Å². The molecule has 0 unspecified atom stereocenters. The van der Waals surface area contributed by atoms with Crippen LogP contribution in [0.4, 0.5) is 5.00 Å². The fourth-order valence-electron chi connectivity index (χ4n) is 1.71.